The van der Waals surface area contributed by atoms with Crippen molar-refractivity contribution in [1.29, 1.82) is 0 Å². The lowest BCUT2D eigenvalue weighted by Crippen LogP contribution is -2.39. The monoisotopic (exact) mass is 330 g/mol. The van der Waals surface area contributed by atoms with Gasteiger partial charge in [-0.25, -0.2) is 4.98 Å². The number of aromatic nitrogens is 2. The van der Waals surface area contributed by atoms with Crippen molar-refractivity contribution >= 4 is 29.1 Å². The van der Waals surface area contributed by atoms with Gasteiger partial charge in [0.1, 0.15) is 5.82 Å². The molecule has 1 aromatic carbocycles. The molecule has 1 aromatic heterocycles. The fourth-order valence-corrected chi connectivity index (χ4v) is 3.37. The Hall–Kier alpha value is -1.81. The number of nitrogens with one attached hydrogen (secondary N) is 1. The van der Waals surface area contributed by atoms with Crippen LogP contribution in [0.2, 0.25) is 5.02 Å². The average Bonchev–Trinajstić information content (AvgIpc) is 2.54. The van der Waals surface area contributed by atoms with Crippen LogP contribution in [-0.4, -0.2) is 22.6 Å². The van der Waals surface area contributed by atoms with Crippen molar-refractivity contribution in [2.24, 2.45) is 0 Å². The molecule has 1 fully saturated rings. The molecule has 2 aromatic rings. The third kappa shape index (κ3) is 3.94. The van der Waals surface area contributed by atoms with Gasteiger partial charge in [-0.2, -0.15) is 4.98 Å². The van der Waals surface area contributed by atoms with Gasteiger partial charge in [0.05, 0.1) is 0 Å². The summed E-state index contributed by atoms with van der Waals surface area (Å²) in [5, 5.41) is 3.96. The molecule has 1 atom stereocenters. The Kier molecular flexibility index (Phi) is 5.01. The second kappa shape index (κ2) is 7.18. The fourth-order valence-electron chi connectivity index (χ4n) is 3.18. The van der Waals surface area contributed by atoms with Gasteiger partial charge in [0.2, 0.25) is 5.95 Å². The van der Waals surface area contributed by atoms with Crippen molar-refractivity contribution in [2.75, 3.05) is 16.8 Å². The summed E-state index contributed by atoms with van der Waals surface area (Å²) in [6, 6.07) is 10.3. The smallest absolute Gasteiger partial charge is 0.229 e. The molecule has 122 valence electrons. The lowest BCUT2D eigenvalue weighted by atomic mass is 10.00. The van der Waals surface area contributed by atoms with Gasteiger partial charge in [0, 0.05) is 35.1 Å². The molecule has 5 heteroatoms. The summed E-state index contributed by atoms with van der Waals surface area (Å²) in [6.45, 7) is 5.34. The summed E-state index contributed by atoms with van der Waals surface area (Å²) in [5.41, 5.74) is 1.87. The van der Waals surface area contributed by atoms with Gasteiger partial charge in [-0.3, -0.25) is 0 Å². The Morgan fingerprint density at radius 1 is 1.26 bits per heavy atom. The molecule has 1 aliphatic heterocycles. The van der Waals surface area contributed by atoms with Crippen LogP contribution in [0.25, 0.3) is 0 Å². The van der Waals surface area contributed by atoms with Gasteiger partial charge >= 0.3 is 0 Å². The standard InChI is InChI=1S/C18H23ClN4/c1-3-16-9-4-5-10-23(16)17-11-13(2)20-18(22-17)21-15-8-6-7-14(19)12-15/h6-8,11-12,16H,3-5,9-10H2,1-2H3,(H,20,21,22). The minimum atomic E-state index is 0.581. The van der Waals surface area contributed by atoms with Crippen LogP contribution in [0.1, 0.15) is 38.3 Å². The molecular weight excluding hydrogens is 308 g/mol. The summed E-state index contributed by atoms with van der Waals surface area (Å²) in [4.78, 5) is 11.7. The van der Waals surface area contributed by atoms with Crippen molar-refractivity contribution in [3.63, 3.8) is 0 Å². The first-order valence-electron chi connectivity index (χ1n) is 8.30. The Morgan fingerprint density at radius 3 is 2.91 bits per heavy atom. The highest BCUT2D eigenvalue weighted by molar-refractivity contribution is 6.30. The molecule has 1 saturated heterocycles. The molecule has 4 nitrogen and oxygen atoms in total. The molecule has 0 bridgehead atoms. The van der Waals surface area contributed by atoms with Crippen LogP contribution in [0.4, 0.5) is 17.5 Å². The highest BCUT2D eigenvalue weighted by atomic mass is 35.5. The molecule has 0 spiro atoms. The van der Waals surface area contributed by atoms with E-state index in [0.29, 0.717) is 17.0 Å². The molecule has 2 heterocycles. The Bertz CT molecular complexity index is 674. The topological polar surface area (TPSA) is 41.1 Å². The Morgan fingerprint density at radius 2 is 2.13 bits per heavy atom. The molecule has 23 heavy (non-hydrogen) atoms. The summed E-state index contributed by atoms with van der Waals surface area (Å²) in [7, 11) is 0. The van der Waals surface area contributed by atoms with Crippen molar-refractivity contribution in [3.05, 3.63) is 41.0 Å². The predicted molar refractivity (Wildman–Crippen MR) is 96.8 cm³/mol. The normalized spacial score (nSPS) is 18.0. The lowest BCUT2D eigenvalue weighted by Gasteiger charge is -2.36. The highest BCUT2D eigenvalue weighted by Gasteiger charge is 2.22. The van der Waals surface area contributed by atoms with Gasteiger partial charge in [-0.1, -0.05) is 24.6 Å². The van der Waals surface area contributed by atoms with Crippen molar-refractivity contribution in [2.45, 2.75) is 45.6 Å². The van der Waals surface area contributed by atoms with Crippen LogP contribution in [0.3, 0.4) is 0 Å². The van der Waals surface area contributed by atoms with Crippen LogP contribution in [0.5, 0.6) is 0 Å². The summed E-state index contributed by atoms with van der Waals surface area (Å²) in [5.74, 6) is 1.65. The lowest BCUT2D eigenvalue weighted by molar-refractivity contribution is 0.446. The third-order valence-corrected chi connectivity index (χ3v) is 4.55. The SMILES string of the molecule is CCC1CCCCN1c1cc(C)nc(Nc2cccc(Cl)c2)n1. The van der Waals surface area contributed by atoms with E-state index < -0.39 is 0 Å². The van der Waals surface area contributed by atoms with Crippen LogP contribution in [0.15, 0.2) is 30.3 Å². The number of rotatable bonds is 4. The number of hydrogen-bond donors (Lipinski definition) is 1. The number of halogens is 1. The zero-order valence-electron chi connectivity index (χ0n) is 13.7. The van der Waals surface area contributed by atoms with E-state index in [1.54, 1.807) is 0 Å². The second-order valence-corrected chi connectivity index (χ2v) is 6.51. The molecule has 0 amide bonds. The minimum absolute atomic E-state index is 0.581. The van der Waals surface area contributed by atoms with Crippen LogP contribution >= 0.6 is 11.6 Å². The minimum Gasteiger partial charge on any atom is -0.353 e. The summed E-state index contributed by atoms with van der Waals surface area (Å²) in [6.07, 6.45) is 4.94. The van der Waals surface area contributed by atoms with E-state index >= 15 is 0 Å². The quantitative estimate of drug-likeness (QED) is 0.861. The van der Waals surface area contributed by atoms with Gasteiger partial charge in [-0.05, 0) is 50.8 Å². The van der Waals surface area contributed by atoms with Crippen molar-refractivity contribution in [3.8, 4) is 0 Å². The molecular formula is C18H23ClN4. The maximum absolute atomic E-state index is 6.04. The zero-order chi connectivity index (χ0) is 16.2. The van der Waals surface area contributed by atoms with E-state index in [4.69, 9.17) is 16.6 Å². The predicted octanol–water partition coefficient (Wildman–Crippen LogP) is 4.95. The molecule has 3 rings (SSSR count). The van der Waals surface area contributed by atoms with Crippen molar-refractivity contribution < 1.29 is 0 Å². The molecule has 1 aliphatic rings. The number of hydrogen-bond acceptors (Lipinski definition) is 4. The first-order valence-corrected chi connectivity index (χ1v) is 8.68. The number of piperidine rings is 1. The fraction of sp³-hybridized carbons (Fsp3) is 0.444. The Labute approximate surface area is 142 Å². The van der Waals surface area contributed by atoms with Gasteiger partial charge in [0.15, 0.2) is 0 Å². The number of nitrogens with zero attached hydrogens (tertiary/aromatic N) is 3. The average molecular weight is 331 g/mol. The molecule has 0 saturated carbocycles. The van der Waals surface area contributed by atoms with Crippen molar-refractivity contribution in [1.82, 2.24) is 9.97 Å². The van der Waals surface area contributed by atoms with E-state index in [9.17, 15) is 0 Å². The highest BCUT2D eigenvalue weighted by Crippen LogP contribution is 2.27. The summed E-state index contributed by atoms with van der Waals surface area (Å²) < 4.78 is 0. The molecule has 1 unspecified atom stereocenters. The van der Waals surface area contributed by atoms with E-state index in [1.807, 2.05) is 31.2 Å². The maximum atomic E-state index is 6.04. The van der Waals surface area contributed by atoms with E-state index in [0.717, 1.165) is 30.2 Å². The summed E-state index contributed by atoms with van der Waals surface area (Å²) >= 11 is 6.04. The van der Waals surface area contributed by atoms with Crippen LogP contribution in [-0.2, 0) is 0 Å². The molecule has 0 aliphatic carbocycles. The van der Waals surface area contributed by atoms with E-state index in [2.05, 4.69) is 28.2 Å². The Balaban J connectivity index is 1.86. The molecule has 0 radical (unpaired) electrons. The largest absolute Gasteiger partial charge is 0.353 e. The third-order valence-electron chi connectivity index (χ3n) is 4.31. The zero-order valence-corrected chi connectivity index (χ0v) is 14.5. The van der Waals surface area contributed by atoms with E-state index in [-0.39, 0.29) is 0 Å². The van der Waals surface area contributed by atoms with Gasteiger partial charge in [0.25, 0.3) is 0 Å². The van der Waals surface area contributed by atoms with Gasteiger partial charge in [-0.15, -0.1) is 0 Å². The van der Waals surface area contributed by atoms with Crippen LogP contribution in [0, 0.1) is 6.92 Å². The maximum Gasteiger partial charge on any atom is 0.229 e. The number of benzene rings is 1. The number of anilines is 3. The molecule has 1 N–H and O–H groups in total. The second-order valence-electron chi connectivity index (χ2n) is 6.08. The van der Waals surface area contributed by atoms with E-state index in [1.165, 1.54) is 19.3 Å². The number of aryl methyl sites for hydroxylation is 1. The van der Waals surface area contributed by atoms with Gasteiger partial charge < -0.3 is 10.2 Å². The first kappa shape index (κ1) is 16.1. The van der Waals surface area contributed by atoms with Crippen LogP contribution < -0.4 is 10.2 Å². The first-order chi connectivity index (χ1) is 11.2.